The first-order valence-electron chi connectivity index (χ1n) is 7.69. The molecule has 22 heavy (non-hydrogen) atoms. The van der Waals surface area contributed by atoms with Gasteiger partial charge in [0.2, 0.25) is 0 Å². The van der Waals surface area contributed by atoms with Gasteiger partial charge in [-0.2, -0.15) is 9.65 Å². The molecule has 1 aromatic rings. The van der Waals surface area contributed by atoms with Crippen molar-refractivity contribution in [1.82, 2.24) is 0 Å². The van der Waals surface area contributed by atoms with Gasteiger partial charge in [0.25, 0.3) is 0 Å². The fraction of sp³-hybridized carbons (Fsp3) is 0.444. The third-order valence-electron chi connectivity index (χ3n) is 4.08. The lowest BCUT2D eigenvalue weighted by Gasteiger charge is -2.26. The molecule has 116 valence electrons. The number of hydrogen-bond donors (Lipinski definition) is 0. The number of rotatable bonds is 4. The van der Waals surface area contributed by atoms with E-state index in [1.54, 1.807) is 12.1 Å². The Bertz CT molecular complexity index is 578. The van der Waals surface area contributed by atoms with Gasteiger partial charge in [0.05, 0.1) is 5.56 Å². The van der Waals surface area contributed by atoms with Gasteiger partial charge in [-0.3, -0.25) is 0 Å². The Morgan fingerprint density at radius 1 is 1.32 bits per heavy atom. The van der Waals surface area contributed by atoms with Gasteiger partial charge >= 0.3 is 5.97 Å². The van der Waals surface area contributed by atoms with Crippen LogP contribution in [0.4, 0.5) is 4.39 Å². The first kappa shape index (κ1) is 16.2. The smallest absolute Gasteiger partial charge is 0.338 e. The van der Waals surface area contributed by atoms with Crippen LogP contribution >= 0.6 is 0 Å². The summed E-state index contributed by atoms with van der Waals surface area (Å²) < 4.78 is 18.4. The molecule has 0 unspecified atom stereocenters. The summed E-state index contributed by atoms with van der Waals surface area (Å²) in [6, 6.07) is 8.94. The molecule has 4 heteroatoms. The van der Waals surface area contributed by atoms with Crippen molar-refractivity contribution >= 4 is 5.97 Å². The van der Waals surface area contributed by atoms with Crippen LogP contribution in [0.5, 0.6) is 0 Å². The summed E-state index contributed by atoms with van der Waals surface area (Å²) in [7, 11) is 0. The predicted molar refractivity (Wildman–Crippen MR) is 81.8 cm³/mol. The molecule has 1 aliphatic rings. The number of aryl methyl sites for hydroxylation is 1. The molecule has 0 atom stereocenters. The topological polar surface area (TPSA) is 50.1 Å². The number of nitriles is 1. The fourth-order valence-corrected chi connectivity index (χ4v) is 2.71. The molecule has 3 nitrogen and oxygen atoms in total. The molecule has 0 aliphatic heterocycles. The second-order valence-electron chi connectivity index (χ2n) is 5.62. The van der Waals surface area contributed by atoms with Gasteiger partial charge in [0.15, 0.2) is 5.83 Å². The van der Waals surface area contributed by atoms with E-state index in [2.05, 4.69) is 6.92 Å². The Labute approximate surface area is 130 Å². The first-order chi connectivity index (χ1) is 10.6. The number of halogens is 1. The number of carbonyl (C=O) groups is 1. The van der Waals surface area contributed by atoms with Gasteiger partial charge in [0, 0.05) is 0 Å². The average Bonchev–Trinajstić information content (AvgIpc) is 2.56. The Morgan fingerprint density at radius 3 is 2.50 bits per heavy atom. The Hall–Kier alpha value is -2.15. The summed E-state index contributed by atoms with van der Waals surface area (Å²) in [6.45, 7) is 2.06. The van der Waals surface area contributed by atoms with E-state index in [0.29, 0.717) is 18.4 Å². The lowest BCUT2D eigenvalue weighted by atomic mass is 9.87. The van der Waals surface area contributed by atoms with E-state index in [1.165, 1.54) is 17.7 Å². The van der Waals surface area contributed by atoms with Gasteiger partial charge in [-0.25, -0.2) is 4.79 Å². The van der Waals surface area contributed by atoms with Crippen molar-refractivity contribution < 1.29 is 13.9 Å². The lowest BCUT2D eigenvalue weighted by molar-refractivity contribution is 0.0184. The highest BCUT2D eigenvalue weighted by molar-refractivity contribution is 5.89. The monoisotopic (exact) mass is 301 g/mol. The Balaban J connectivity index is 1.85. The van der Waals surface area contributed by atoms with E-state index in [-0.39, 0.29) is 18.0 Å². The molecule has 0 heterocycles. The molecule has 1 aromatic carbocycles. The standard InChI is InChI=1S/C18H20FNO2/c1-2-13-3-7-15(8-4-13)18(21)22-17-9-5-14(6-10-17)11-16(19)12-20/h3-4,7-8,11,14,17H,2,5-6,9-10H2,1H3/b16-11+. The minimum Gasteiger partial charge on any atom is -0.459 e. The highest BCUT2D eigenvalue weighted by Crippen LogP contribution is 2.28. The van der Waals surface area contributed by atoms with Gasteiger partial charge in [0.1, 0.15) is 12.2 Å². The van der Waals surface area contributed by atoms with Crippen molar-refractivity contribution in [3.8, 4) is 6.07 Å². The summed E-state index contributed by atoms with van der Waals surface area (Å²) in [5.74, 6) is -0.959. The van der Waals surface area contributed by atoms with Gasteiger partial charge in [-0.1, -0.05) is 19.1 Å². The second kappa shape index (κ2) is 7.74. The first-order valence-corrected chi connectivity index (χ1v) is 7.69. The molecule has 0 spiro atoms. The quantitative estimate of drug-likeness (QED) is 0.614. The maximum Gasteiger partial charge on any atom is 0.338 e. The molecule has 0 saturated heterocycles. The van der Waals surface area contributed by atoms with Crippen LogP contribution in [0.1, 0.15) is 48.5 Å². The minimum atomic E-state index is -0.726. The highest BCUT2D eigenvalue weighted by Gasteiger charge is 2.23. The average molecular weight is 301 g/mol. The van der Waals surface area contributed by atoms with E-state index in [9.17, 15) is 9.18 Å². The van der Waals surface area contributed by atoms with E-state index in [4.69, 9.17) is 10.00 Å². The largest absolute Gasteiger partial charge is 0.459 e. The van der Waals surface area contributed by atoms with Crippen LogP contribution in [0.15, 0.2) is 36.2 Å². The zero-order valence-corrected chi connectivity index (χ0v) is 12.7. The van der Waals surface area contributed by atoms with Crippen molar-refractivity contribution in [3.63, 3.8) is 0 Å². The summed E-state index contributed by atoms with van der Waals surface area (Å²) in [5.41, 5.74) is 1.75. The Morgan fingerprint density at radius 2 is 1.95 bits per heavy atom. The Kier molecular flexibility index (Phi) is 5.71. The third-order valence-corrected chi connectivity index (χ3v) is 4.08. The number of esters is 1. The molecule has 0 radical (unpaired) electrons. The number of hydrogen-bond acceptors (Lipinski definition) is 3. The zero-order chi connectivity index (χ0) is 15.9. The second-order valence-corrected chi connectivity index (χ2v) is 5.62. The number of allylic oxidation sites excluding steroid dienone is 2. The number of nitrogens with zero attached hydrogens (tertiary/aromatic N) is 1. The van der Waals surface area contributed by atoms with Crippen LogP contribution in [0.3, 0.4) is 0 Å². The molecule has 0 amide bonds. The maximum atomic E-state index is 12.9. The molecular formula is C18H20FNO2. The summed E-state index contributed by atoms with van der Waals surface area (Å²) in [6.07, 6.45) is 5.09. The number of carbonyl (C=O) groups excluding carboxylic acids is 1. The van der Waals surface area contributed by atoms with Crippen LogP contribution in [0.25, 0.3) is 0 Å². The minimum absolute atomic E-state index is 0.0680. The van der Waals surface area contributed by atoms with Crippen LogP contribution in [-0.2, 0) is 11.2 Å². The third kappa shape index (κ3) is 4.42. The van der Waals surface area contributed by atoms with E-state index in [1.807, 2.05) is 12.1 Å². The van der Waals surface area contributed by atoms with Gasteiger partial charge < -0.3 is 4.74 Å². The van der Waals surface area contributed by atoms with Crippen molar-refractivity contribution in [2.45, 2.75) is 45.1 Å². The molecule has 2 rings (SSSR count). The molecule has 0 bridgehead atoms. The van der Waals surface area contributed by atoms with Crippen molar-refractivity contribution in [1.29, 1.82) is 5.26 Å². The normalized spacial score (nSPS) is 22.0. The number of ether oxygens (including phenoxy) is 1. The van der Waals surface area contributed by atoms with Gasteiger partial charge in [-0.05, 0) is 61.8 Å². The van der Waals surface area contributed by atoms with Crippen LogP contribution < -0.4 is 0 Å². The maximum absolute atomic E-state index is 12.9. The zero-order valence-electron chi connectivity index (χ0n) is 12.7. The molecule has 1 saturated carbocycles. The SMILES string of the molecule is CCc1ccc(C(=O)OC2CCC(/C=C(/F)C#N)CC2)cc1. The van der Waals surface area contributed by atoms with Crippen molar-refractivity contribution in [2.75, 3.05) is 0 Å². The number of benzene rings is 1. The highest BCUT2D eigenvalue weighted by atomic mass is 19.1. The van der Waals surface area contributed by atoms with Crippen LogP contribution in [-0.4, -0.2) is 12.1 Å². The predicted octanol–water partition coefficient (Wildman–Crippen LogP) is 4.34. The molecular weight excluding hydrogens is 281 g/mol. The van der Waals surface area contributed by atoms with E-state index >= 15 is 0 Å². The fourth-order valence-electron chi connectivity index (χ4n) is 2.71. The molecule has 1 aliphatic carbocycles. The van der Waals surface area contributed by atoms with Crippen LogP contribution in [0, 0.1) is 17.2 Å². The van der Waals surface area contributed by atoms with Crippen molar-refractivity contribution in [2.24, 2.45) is 5.92 Å². The van der Waals surface area contributed by atoms with Crippen molar-refractivity contribution in [3.05, 3.63) is 47.3 Å². The summed E-state index contributed by atoms with van der Waals surface area (Å²) >= 11 is 0. The summed E-state index contributed by atoms with van der Waals surface area (Å²) in [5, 5.41) is 8.44. The molecule has 0 aromatic heterocycles. The lowest BCUT2D eigenvalue weighted by Crippen LogP contribution is -2.24. The molecule has 0 N–H and O–H groups in total. The summed E-state index contributed by atoms with van der Waals surface area (Å²) in [4.78, 5) is 12.1. The van der Waals surface area contributed by atoms with E-state index in [0.717, 1.165) is 19.3 Å². The molecule has 1 fully saturated rings. The van der Waals surface area contributed by atoms with Crippen LogP contribution in [0.2, 0.25) is 0 Å². The van der Waals surface area contributed by atoms with E-state index < -0.39 is 5.83 Å². The van der Waals surface area contributed by atoms with Gasteiger partial charge in [-0.15, -0.1) is 0 Å².